The number of nitrogen functional groups attached to an aromatic ring is 1. The van der Waals surface area contributed by atoms with Gasteiger partial charge in [-0.15, -0.1) is 0 Å². The molecule has 0 aliphatic carbocycles. The maximum Gasteiger partial charge on any atom is 0.340 e. The highest BCUT2D eigenvalue weighted by Crippen LogP contribution is 2.23. The summed E-state index contributed by atoms with van der Waals surface area (Å²) in [4.78, 5) is 6.81. The van der Waals surface area contributed by atoms with Crippen molar-refractivity contribution in [1.29, 1.82) is 0 Å². The standard InChI is InChI=1S/C7H7F4N3O/c8-5(9)7(10,11)3-15-6-13-2-1-4(12)14-6/h1-2,5H,3H2,(H2,12,13,14). The minimum Gasteiger partial charge on any atom is -0.457 e. The second-order valence-electron chi connectivity index (χ2n) is 2.61. The van der Waals surface area contributed by atoms with Crippen molar-refractivity contribution >= 4 is 5.82 Å². The van der Waals surface area contributed by atoms with Crippen LogP contribution in [0.3, 0.4) is 0 Å². The fourth-order valence-corrected chi connectivity index (χ4v) is 0.647. The van der Waals surface area contributed by atoms with Gasteiger partial charge >= 0.3 is 18.4 Å². The van der Waals surface area contributed by atoms with Gasteiger partial charge in [0.25, 0.3) is 0 Å². The number of ether oxygens (including phenoxy) is 1. The lowest BCUT2D eigenvalue weighted by Crippen LogP contribution is -2.34. The predicted molar refractivity (Wildman–Crippen MR) is 42.9 cm³/mol. The van der Waals surface area contributed by atoms with Crippen LogP contribution in [0.4, 0.5) is 23.4 Å². The van der Waals surface area contributed by atoms with Crippen LogP contribution in [-0.4, -0.2) is 28.9 Å². The quantitative estimate of drug-likeness (QED) is 0.785. The topological polar surface area (TPSA) is 61.0 Å². The monoisotopic (exact) mass is 225 g/mol. The van der Waals surface area contributed by atoms with Crippen LogP contribution in [0.5, 0.6) is 6.01 Å². The Morgan fingerprint density at radius 1 is 1.47 bits per heavy atom. The highest BCUT2D eigenvalue weighted by atomic mass is 19.3. The van der Waals surface area contributed by atoms with Crippen LogP contribution in [0.25, 0.3) is 0 Å². The van der Waals surface area contributed by atoms with E-state index in [2.05, 4.69) is 14.7 Å². The van der Waals surface area contributed by atoms with Crippen LogP contribution in [0.2, 0.25) is 0 Å². The zero-order chi connectivity index (χ0) is 11.5. The van der Waals surface area contributed by atoms with Gasteiger partial charge in [0.05, 0.1) is 0 Å². The van der Waals surface area contributed by atoms with Crippen LogP contribution in [0.1, 0.15) is 0 Å². The average molecular weight is 225 g/mol. The first-order chi connectivity index (χ1) is 6.92. The summed E-state index contributed by atoms with van der Waals surface area (Å²) >= 11 is 0. The lowest BCUT2D eigenvalue weighted by molar-refractivity contribution is -0.149. The number of aromatic nitrogens is 2. The van der Waals surface area contributed by atoms with Crippen molar-refractivity contribution in [3.05, 3.63) is 12.3 Å². The van der Waals surface area contributed by atoms with Gasteiger partial charge in [0, 0.05) is 6.20 Å². The Morgan fingerprint density at radius 3 is 2.67 bits per heavy atom. The van der Waals surface area contributed by atoms with Crippen molar-refractivity contribution in [2.45, 2.75) is 12.3 Å². The van der Waals surface area contributed by atoms with E-state index >= 15 is 0 Å². The number of hydrogen-bond acceptors (Lipinski definition) is 4. The van der Waals surface area contributed by atoms with E-state index in [4.69, 9.17) is 5.73 Å². The zero-order valence-electron chi connectivity index (χ0n) is 7.33. The molecule has 0 bridgehead atoms. The Bertz CT molecular complexity index is 334. The van der Waals surface area contributed by atoms with E-state index in [0.29, 0.717) is 0 Å². The van der Waals surface area contributed by atoms with Gasteiger partial charge in [-0.25, -0.2) is 13.8 Å². The van der Waals surface area contributed by atoms with Crippen molar-refractivity contribution in [2.24, 2.45) is 0 Å². The van der Waals surface area contributed by atoms with Gasteiger partial charge in [-0.1, -0.05) is 0 Å². The largest absolute Gasteiger partial charge is 0.457 e. The number of hydrogen-bond donors (Lipinski definition) is 1. The minimum atomic E-state index is -4.23. The zero-order valence-corrected chi connectivity index (χ0v) is 7.33. The maximum absolute atomic E-state index is 12.4. The van der Waals surface area contributed by atoms with Crippen molar-refractivity contribution in [2.75, 3.05) is 12.3 Å². The molecule has 0 saturated heterocycles. The Morgan fingerprint density at radius 2 is 2.13 bits per heavy atom. The van der Waals surface area contributed by atoms with E-state index in [-0.39, 0.29) is 5.82 Å². The lowest BCUT2D eigenvalue weighted by Gasteiger charge is -2.14. The number of nitrogens with zero attached hydrogens (tertiary/aromatic N) is 2. The molecule has 15 heavy (non-hydrogen) atoms. The van der Waals surface area contributed by atoms with Gasteiger partial charge in [0.2, 0.25) is 0 Å². The van der Waals surface area contributed by atoms with E-state index < -0.39 is 25.0 Å². The molecule has 0 atom stereocenters. The molecule has 1 rings (SSSR count). The molecule has 1 aromatic rings. The highest BCUT2D eigenvalue weighted by molar-refractivity contribution is 5.26. The molecule has 2 N–H and O–H groups in total. The van der Waals surface area contributed by atoms with Gasteiger partial charge in [0.15, 0.2) is 6.61 Å². The van der Waals surface area contributed by atoms with Crippen LogP contribution in [0.15, 0.2) is 12.3 Å². The van der Waals surface area contributed by atoms with Crippen molar-refractivity contribution in [1.82, 2.24) is 9.97 Å². The van der Waals surface area contributed by atoms with Crippen molar-refractivity contribution < 1.29 is 22.3 Å². The van der Waals surface area contributed by atoms with Crippen LogP contribution >= 0.6 is 0 Å². The second-order valence-corrected chi connectivity index (χ2v) is 2.61. The number of rotatable bonds is 4. The first-order valence-corrected chi connectivity index (χ1v) is 3.79. The molecule has 0 unspecified atom stereocenters. The number of nitrogens with two attached hydrogens (primary N) is 1. The third-order valence-corrected chi connectivity index (χ3v) is 1.37. The molecule has 84 valence electrons. The molecular formula is C7H7F4N3O. The Hall–Kier alpha value is -1.60. The van der Waals surface area contributed by atoms with E-state index in [1.165, 1.54) is 6.07 Å². The molecule has 0 aliphatic heterocycles. The van der Waals surface area contributed by atoms with Gasteiger partial charge in [-0.2, -0.15) is 13.8 Å². The Balaban J connectivity index is 2.57. The molecule has 4 nitrogen and oxygen atoms in total. The smallest absolute Gasteiger partial charge is 0.340 e. The van der Waals surface area contributed by atoms with Crippen LogP contribution in [0, 0.1) is 0 Å². The Kier molecular flexibility index (Phi) is 3.28. The molecule has 1 heterocycles. The van der Waals surface area contributed by atoms with Crippen LogP contribution in [-0.2, 0) is 0 Å². The molecule has 0 spiro atoms. The molecule has 0 aliphatic rings. The lowest BCUT2D eigenvalue weighted by atomic mass is 10.4. The first kappa shape index (κ1) is 11.5. The van der Waals surface area contributed by atoms with E-state index in [1.807, 2.05) is 0 Å². The summed E-state index contributed by atoms with van der Waals surface area (Å²) in [5, 5.41) is 0. The van der Waals surface area contributed by atoms with Gasteiger partial charge in [-0.05, 0) is 6.07 Å². The summed E-state index contributed by atoms with van der Waals surface area (Å²) in [6, 6.07) is 0.841. The number of alkyl halides is 4. The summed E-state index contributed by atoms with van der Waals surface area (Å²) in [6.07, 6.45) is -2.63. The molecule has 8 heteroatoms. The third kappa shape index (κ3) is 3.22. The average Bonchev–Trinajstić information content (AvgIpc) is 2.15. The highest BCUT2D eigenvalue weighted by Gasteiger charge is 2.41. The van der Waals surface area contributed by atoms with E-state index in [9.17, 15) is 17.6 Å². The summed E-state index contributed by atoms with van der Waals surface area (Å²) in [7, 11) is 0. The SMILES string of the molecule is Nc1ccnc(OCC(F)(F)C(F)F)n1. The first-order valence-electron chi connectivity index (χ1n) is 3.79. The van der Waals surface area contributed by atoms with Crippen LogP contribution < -0.4 is 10.5 Å². The molecule has 0 fully saturated rings. The predicted octanol–water partition coefficient (Wildman–Crippen LogP) is 1.34. The molecule has 0 saturated carbocycles. The van der Waals surface area contributed by atoms with E-state index in [0.717, 1.165) is 6.20 Å². The summed E-state index contributed by atoms with van der Waals surface area (Å²) in [6.45, 7) is -1.49. The van der Waals surface area contributed by atoms with E-state index in [1.54, 1.807) is 0 Å². The molecule has 0 aromatic carbocycles. The number of anilines is 1. The second kappa shape index (κ2) is 4.28. The van der Waals surface area contributed by atoms with Crippen molar-refractivity contribution in [3.8, 4) is 6.01 Å². The Labute approximate surface area is 82.1 Å². The summed E-state index contributed by atoms with van der Waals surface area (Å²) in [5.74, 6) is -4.23. The fourth-order valence-electron chi connectivity index (χ4n) is 0.647. The molecule has 1 aromatic heterocycles. The molecule has 0 radical (unpaired) electrons. The summed E-state index contributed by atoms with van der Waals surface area (Å²) in [5.41, 5.74) is 5.19. The van der Waals surface area contributed by atoms with Gasteiger partial charge < -0.3 is 10.5 Å². The van der Waals surface area contributed by atoms with Gasteiger partial charge in [-0.3, -0.25) is 0 Å². The third-order valence-electron chi connectivity index (χ3n) is 1.37. The normalized spacial score (nSPS) is 11.8. The van der Waals surface area contributed by atoms with Crippen molar-refractivity contribution in [3.63, 3.8) is 0 Å². The molecule has 0 amide bonds. The molecular weight excluding hydrogens is 218 g/mol. The fraction of sp³-hybridized carbons (Fsp3) is 0.429. The minimum absolute atomic E-state index is 0.000336. The number of halogens is 4. The maximum atomic E-state index is 12.4. The van der Waals surface area contributed by atoms with Gasteiger partial charge in [0.1, 0.15) is 5.82 Å². The summed E-state index contributed by atoms with van der Waals surface area (Å²) < 4.78 is 52.4.